The van der Waals surface area contributed by atoms with E-state index in [-0.39, 0.29) is 16.9 Å². The van der Waals surface area contributed by atoms with Crippen molar-refractivity contribution in [1.82, 2.24) is 9.88 Å². The van der Waals surface area contributed by atoms with E-state index in [2.05, 4.69) is 4.98 Å². The molecule has 33 heavy (non-hydrogen) atoms. The first-order chi connectivity index (χ1) is 16.0. The Morgan fingerprint density at radius 1 is 0.939 bits per heavy atom. The Hall–Kier alpha value is -4.19. The third-order valence-electron chi connectivity index (χ3n) is 6.07. The maximum atomic E-state index is 13.4. The highest BCUT2D eigenvalue weighted by Gasteiger charge is 2.45. The van der Waals surface area contributed by atoms with Crippen molar-refractivity contribution < 1.29 is 19.1 Å². The van der Waals surface area contributed by atoms with Gasteiger partial charge in [0.1, 0.15) is 11.6 Å². The van der Waals surface area contributed by atoms with E-state index < -0.39 is 23.5 Å². The molecule has 5 rings (SSSR count). The van der Waals surface area contributed by atoms with Gasteiger partial charge in [-0.2, -0.15) is 0 Å². The molecule has 1 fully saturated rings. The number of aromatic amines is 1. The molecule has 1 aliphatic rings. The van der Waals surface area contributed by atoms with Crippen LogP contribution >= 0.6 is 0 Å². The van der Waals surface area contributed by atoms with Crippen molar-refractivity contribution >= 4 is 28.4 Å². The van der Waals surface area contributed by atoms with Gasteiger partial charge in [0.2, 0.25) is 0 Å². The average Bonchev–Trinajstić information content (AvgIpc) is 3.37. The van der Waals surface area contributed by atoms with E-state index in [0.717, 1.165) is 22.0 Å². The first-order valence-electron chi connectivity index (χ1n) is 10.7. The normalized spacial score (nSPS) is 17.7. The zero-order chi connectivity index (χ0) is 22.9. The summed E-state index contributed by atoms with van der Waals surface area (Å²) in [7, 11) is 0. The first kappa shape index (κ1) is 20.7. The van der Waals surface area contributed by atoms with E-state index in [1.165, 1.54) is 29.2 Å². The van der Waals surface area contributed by atoms with Gasteiger partial charge in [-0.05, 0) is 47.9 Å². The summed E-state index contributed by atoms with van der Waals surface area (Å²) >= 11 is 0. The van der Waals surface area contributed by atoms with Crippen LogP contribution in [-0.4, -0.2) is 33.2 Å². The Morgan fingerprint density at radius 2 is 1.64 bits per heavy atom. The number of para-hydroxylation sites is 1. The quantitative estimate of drug-likeness (QED) is 0.261. The molecule has 164 valence electrons. The highest BCUT2D eigenvalue weighted by molar-refractivity contribution is 6.46. The molecule has 1 amide bonds. The lowest BCUT2D eigenvalue weighted by Crippen LogP contribution is -2.31. The minimum absolute atomic E-state index is 0.0109. The topological polar surface area (TPSA) is 73.4 Å². The number of aromatic nitrogens is 1. The lowest BCUT2D eigenvalue weighted by Gasteiger charge is -2.25. The van der Waals surface area contributed by atoms with E-state index in [0.29, 0.717) is 13.0 Å². The fraction of sp³-hybridized carbons (Fsp3) is 0.111. The highest BCUT2D eigenvalue weighted by atomic mass is 19.1. The number of likely N-dealkylation sites (tertiary alicyclic amines) is 1. The number of halogens is 1. The molecule has 0 bridgehead atoms. The van der Waals surface area contributed by atoms with Crippen LogP contribution in [0.3, 0.4) is 0 Å². The summed E-state index contributed by atoms with van der Waals surface area (Å²) in [4.78, 5) is 30.9. The third kappa shape index (κ3) is 3.69. The molecule has 0 aliphatic carbocycles. The van der Waals surface area contributed by atoms with Gasteiger partial charge in [-0.15, -0.1) is 0 Å². The number of rotatable bonds is 5. The fourth-order valence-corrected chi connectivity index (χ4v) is 4.44. The molecule has 2 N–H and O–H groups in total. The number of fused-ring (bicyclic) bond motifs is 1. The van der Waals surface area contributed by atoms with Gasteiger partial charge in [0.25, 0.3) is 11.7 Å². The second-order valence-corrected chi connectivity index (χ2v) is 8.02. The number of hydrogen-bond donors (Lipinski definition) is 2. The predicted octanol–water partition coefficient (Wildman–Crippen LogP) is 4.97. The Morgan fingerprint density at radius 3 is 2.39 bits per heavy atom. The number of aliphatic hydroxyl groups excluding tert-OH is 1. The number of carbonyl (C=O) groups excluding carboxylic acids is 2. The molecular weight excluding hydrogens is 419 g/mol. The predicted molar refractivity (Wildman–Crippen MR) is 124 cm³/mol. The molecule has 1 atom stereocenters. The lowest BCUT2D eigenvalue weighted by molar-refractivity contribution is -0.139. The fourth-order valence-electron chi connectivity index (χ4n) is 4.44. The molecule has 0 unspecified atom stereocenters. The van der Waals surface area contributed by atoms with Gasteiger partial charge < -0.3 is 15.0 Å². The average molecular weight is 440 g/mol. The summed E-state index contributed by atoms with van der Waals surface area (Å²) in [6.07, 6.45) is 2.45. The van der Waals surface area contributed by atoms with Gasteiger partial charge in [0, 0.05) is 29.2 Å². The molecule has 1 aromatic heterocycles. The molecular formula is C27H21FN2O3. The van der Waals surface area contributed by atoms with Crippen molar-refractivity contribution in [1.29, 1.82) is 0 Å². The molecule has 1 saturated heterocycles. The van der Waals surface area contributed by atoms with Gasteiger partial charge >= 0.3 is 0 Å². The van der Waals surface area contributed by atoms with Crippen molar-refractivity contribution in [2.75, 3.05) is 6.54 Å². The largest absolute Gasteiger partial charge is 0.507 e. The second-order valence-electron chi connectivity index (χ2n) is 8.02. The zero-order valence-electron chi connectivity index (χ0n) is 17.7. The summed E-state index contributed by atoms with van der Waals surface area (Å²) in [6, 6.07) is 21.5. The minimum Gasteiger partial charge on any atom is -0.507 e. The van der Waals surface area contributed by atoms with Crippen LogP contribution in [0.4, 0.5) is 4.39 Å². The van der Waals surface area contributed by atoms with E-state index >= 15 is 0 Å². The van der Waals surface area contributed by atoms with E-state index in [1.807, 2.05) is 60.8 Å². The first-order valence-corrected chi connectivity index (χ1v) is 10.7. The van der Waals surface area contributed by atoms with Crippen molar-refractivity contribution in [2.24, 2.45) is 0 Å². The van der Waals surface area contributed by atoms with Crippen LogP contribution in [0.5, 0.6) is 0 Å². The van der Waals surface area contributed by atoms with Crippen LogP contribution in [0.2, 0.25) is 0 Å². The van der Waals surface area contributed by atoms with E-state index in [4.69, 9.17) is 0 Å². The zero-order valence-corrected chi connectivity index (χ0v) is 17.7. The second kappa shape index (κ2) is 8.39. The number of ketones is 1. The van der Waals surface area contributed by atoms with Crippen LogP contribution in [0.25, 0.3) is 16.7 Å². The molecule has 1 aliphatic heterocycles. The summed E-state index contributed by atoms with van der Waals surface area (Å²) in [5, 5.41) is 12.1. The van der Waals surface area contributed by atoms with Gasteiger partial charge in [0.15, 0.2) is 0 Å². The number of hydrogen-bond acceptors (Lipinski definition) is 3. The number of nitrogens with zero attached hydrogens (tertiary/aromatic N) is 1. The summed E-state index contributed by atoms with van der Waals surface area (Å²) in [5.41, 5.74) is 3.06. The summed E-state index contributed by atoms with van der Waals surface area (Å²) < 4.78 is 13.4. The summed E-state index contributed by atoms with van der Waals surface area (Å²) in [5.74, 6) is -2.17. The number of Topliss-reactive ketones (excluding diaryl/α,β-unsaturated/α-hetero) is 1. The number of aliphatic hydroxyl groups is 1. The Balaban J connectivity index is 1.55. The molecule has 5 nitrogen and oxygen atoms in total. The number of amides is 1. The van der Waals surface area contributed by atoms with Crippen LogP contribution in [0, 0.1) is 5.82 Å². The number of H-pyrrole nitrogens is 1. The van der Waals surface area contributed by atoms with Gasteiger partial charge in [-0.25, -0.2) is 4.39 Å². The molecule has 2 heterocycles. The molecule has 0 radical (unpaired) electrons. The smallest absolute Gasteiger partial charge is 0.295 e. The molecule has 4 aromatic rings. The van der Waals surface area contributed by atoms with Gasteiger partial charge in [0.05, 0.1) is 11.6 Å². The lowest BCUT2D eigenvalue weighted by atomic mass is 9.95. The monoisotopic (exact) mass is 440 g/mol. The number of benzene rings is 3. The third-order valence-corrected chi connectivity index (χ3v) is 6.07. The molecule has 0 spiro atoms. The van der Waals surface area contributed by atoms with Crippen LogP contribution in [0.1, 0.15) is 22.7 Å². The van der Waals surface area contributed by atoms with Crippen molar-refractivity contribution in [3.8, 4) is 0 Å². The maximum absolute atomic E-state index is 13.4. The highest BCUT2D eigenvalue weighted by Crippen LogP contribution is 2.39. The Labute approximate surface area is 189 Å². The maximum Gasteiger partial charge on any atom is 0.295 e. The Kier molecular flexibility index (Phi) is 5.26. The van der Waals surface area contributed by atoms with Crippen molar-refractivity contribution in [3.05, 3.63) is 113 Å². The number of nitrogens with one attached hydrogen (secondary N) is 1. The number of carbonyl (C=O) groups is 2. The van der Waals surface area contributed by atoms with Crippen LogP contribution in [0.15, 0.2) is 90.6 Å². The standard InChI is InChI=1S/C27H21FN2O3/c28-20-12-10-18(11-13-20)25(31)23-24(17-6-2-1-3-7-17)30(27(33)26(23)32)15-14-19-16-29-22-9-5-4-8-21(19)22/h1-13,16,24,29,31H,14-15H2/t24-/m1/s1. The van der Waals surface area contributed by atoms with Gasteiger partial charge in [-0.3, -0.25) is 9.59 Å². The Bertz CT molecular complexity index is 1370. The SMILES string of the molecule is O=C1C(=O)N(CCc2c[nH]c3ccccc23)[C@H](c2ccccc2)C1=C(O)c1ccc(F)cc1. The summed E-state index contributed by atoms with van der Waals surface area (Å²) in [6.45, 7) is 0.298. The van der Waals surface area contributed by atoms with Crippen LogP contribution < -0.4 is 0 Å². The van der Waals surface area contributed by atoms with E-state index in [1.54, 1.807) is 0 Å². The molecule has 0 saturated carbocycles. The van der Waals surface area contributed by atoms with E-state index in [9.17, 15) is 19.1 Å². The molecule has 3 aromatic carbocycles. The minimum atomic E-state index is -0.746. The molecule has 6 heteroatoms. The van der Waals surface area contributed by atoms with Gasteiger partial charge in [-0.1, -0.05) is 48.5 Å². The van der Waals surface area contributed by atoms with Crippen LogP contribution in [-0.2, 0) is 16.0 Å². The van der Waals surface area contributed by atoms with Crippen molar-refractivity contribution in [3.63, 3.8) is 0 Å². The van der Waals surface area contributed by atoms with Crippen molar-refractivity contribution in [2.45, 2.75) is 12.5 Å².